The summed E-state index contributed by atoms with van der Waals surface area (Å²) in [5, 5.41) is 26.5. The Morgan fingerprint density at radius 3 is 2.13 bits per heavy atom. The summed E-state index contributed by atoms with van der Waals surface area (Å²) >= 11 is 0. The van der Waals surface area contributed by atoms with E-state index in [1.165, 1.54) is 14.0 Å². The lowest BCUT2D eigenvalue weighted by molar-refractivity contribution is -0.366. The van der Waals surface area contributed by atoms with E-state index in [1.54, 1.807) is 102 Å². The van der Waals surface area contributed by atoms with E-state index in [2.05, 4.69) is 5.32 Å². The molecule has 2 aromatic carbocycles. The second-order valence-electron chi connectivity index (χ2n) is 17.7. The smallest absolute Gasteiger partial charge is 0.408 e. The van der Waals surface area contributed by atoms with Crippen molar-refractivity contribution in [1.82, 2.24) is 5.32 Å². The van der Waals surface area contributed by atoms with E-state index in [-0.39, 0.29) is 31.1 Å². The van der Waals surface area contributed by atoms with Crippen LogP contribution in [0.15, 0.2) is 71.8 Å². The minimum Gasteiger partial charge on any atom is -0.456 e. The number of hydrogen-bond donors (Lipinski definition) is 3. The molecular weight excluding hydrogens is 794 g/mol. The van der Waals surface area contributed by atoms with Crippen LogP contribution >= 0.6 is 0 Å². The Labute approximate surface area is 354 Å². The quantitative estimate of drug-likeness (QED) is 0.175. The normalized spacial score (nSPS) is 35.8. The van der Waals surface area contributed by atoms with Crippen LogP contribution in [0, 0.1) is 16.7 Å². The van der Waals surface area contributed by atoms with Gasteiger partial charge in [0.25, 0.3) is 0 Å². The molecule has 2 bridgehead atoms. The predicted octanol–water partition coefficient (Wildman–Crippen LogP) is 4.09. The zero-order valence-electron chi connectivity index (χ0n) is 35.8. The number of fused-ring (bicyclic) bond motifs is 5. The van der Waals surface area contributed by atoms with Gasteiger partial charge >= 0.3 is 30.0 Å². The van der Waals surface area contributed by atoms with Gasteiger partial charge in [0.15, 0.2) is 29.7 Å². The summed E-state index contributed by atoms with van der Waals surface area (Å²) in [4.78, 5) is 69.1. The molecule has 2 saturated heterocycles. The molecule has 7 rings (SSSR count). The third-order valence-electron chi connectivity index (χ3n) is 13.4. The van der Waals surface area contributed by atoms with Crippen molar-refractivity contribution in [2.75, 3.05) is 13.7 Å². The van der Waals surface area contributed by atoms with Crippen molar-refractivity contribution < 1.29 is 72.1 Å². The molecule has 16 nitrogen and oxygen atoms in total. The molecule has 12 atom stereocenters. The van der Waals surface area contributed by atoms with Crippen LogP contribution in [-0.2, 0) is 63.0 Å². The van der Waals surface area contributed by atoms with Gasteiger partial charge in [0, 0.05) is 56.7 Å². The molecule has 0 aromatic heterocycles. The molecule has 1 amide bonds. The summed E-state index contributed by atoms with van der Waals surface area (Å²) in [7, 11) is 1.38. The van der Waals surface area contributed by atoms with E-state index in [4.69, 9.17) is 37.9 Å². The number of carbonyl (C=O) groups excluding carboxylic acids is 5. The van der Waals surface area contributed by atoms with E-state index in [9.17, 15) is 29.4 Å². The minimum absolute atomic E-state index is 0.104. The average molecular weight is 850 g/mol. The van der Waals surface area contributed by atoms with Crippen molar-refractivity contribution in [2.24, 2.45) is 16.7 Å². The molecule has 330 valence electrons. The van der Waals surface area contributed by atoms with Crippen LogP contribution in [0.2, 0.25) is 0 Å². The number of aliphatic hydroxyl groups is 2. The summed E-state index contributed by atoms with van der Waals surface area (Å²) in [6.45, 7) is 12.4. The van der Waals surface area contributed by atoms with Gasteiger partial charge in [-0.3, -0.25) is 14.4 Å². The van der Waals surface area contributed by atoms with Gasteiger partial charge in [0.05, 0.1) is 18.1 Å². The fourth-order valence-electron chi connectivity index (χ4n) is 10.5. The van der Waals surface area contributed by atoms with Crippen LogP contribution in [-0.4, -0.2) is 108 Å². The van der Waals surface area contributed by atoms with E-state index >= 15 is 4.79 Å². The zero-order chi connectivity index (χ0) is 44.4. The number of aliphatic hydroxyl groups excluding tert-OH is 2. The number of carbonyl (C=O) groups is 5. The first kappa shape index (κ1) is 44.3. The highest BCUT2D eigenvalue weighted by Gasteiger charge is 2.81. The molecular formula is C45H55NO15. The van der Waals surface area contributed by atoms with Crippen LogP contribution in [0.25, 0.3) is 0 Å². The second kappa shape index (κ2) is 15.9. The molecule has 2 heterocycles. The molecule has 16 heteroatoms. The summed E-state index contributed by atoms with van der Waals surface area (Å²) in [5.74, 6) is -6.66. The average Bonchev–Trinajstić information content (AvgIpc) is 3.54. The molecule has 3 aliphatic carbocycles. The Kier molecular flexibility index (Phi) is 11.5. The molecule has 2 aromatic rings. The SMILES string of the molecule is CO[C@]1(c2ccccc2)O[C@H]2[C@@H]3[C@]4(OC(C)=O)CO[C@@H]4C[C@H](O)[C@@]3(C)C(=O)[C@H](OC(C)=O)C3=C(C)[C@@H](OC(=O)[C@H](O)[C@@H](OC(=O)NC(C)C)c4ccccc4)C[C@]2(O1)C3(C)C. The maximum absolute atomic E-state index is 15.6. The molecule has 0 unspecified atom stereocenters. The molecule has 2 aliphatic heterocycles. The molecule has 1 spiro atoms. The number of rotatable bonds is 10. The van der Waals surface area contributed by atoms with Gasteiger partial charge < -0.3 is 53.4 Å². The Hall–Kier alpha value is -4.71. The standard InChI is InChI=1S/C45H55NO15/c1-23(2)46-40(53)58-34(27-16-12-10-13-17-27)33(50)39(52)57-29-21-44-38(60-45(54-9,61-44)28-18-14-11-15-19-28)36-42(8,30(49)20-31-43(36,22-55-31)59-26(5)48)37(51)35(56-25(4)47)32(24(29)3)41(44,6)7/h10-19,23,29-31,33-36,38,49-50H,20-22H2,1-9H3,(H,46,53)/t29-,30-,31+,33+,34-,35+,36-,38-,42+,43-,44+,45+/m0/s1. The van der Waals surface area contributed by atoms with Gasteiger partial charge in [-0.15, -0.1) is 0 Å². The van der Waals surface area contributed by atoms with Crippen LogP contribution in [0.3, 0.4) is 0 Å². The van der Waals surface area contributed by atoms with Crippen LogP contribution in [0.5, 0.6) is 0 Å². The minimum atomic E-state index is -2.06. The first-order chi connectivity index (χ1) is 28.7. The van der Waals surface area contributed by atoms with Gasteiger partial charge in [0.2, 0.25) is 0 Å². The Balaban J connectivity index is 1.44. The first-order valence-electron chi connectivity index (χ1n) is 20.5. The molecule has 2 saturated carbocycles. The number of ether oxygens (including phenoxy) is 8. The fraction of sp³-hybridized carbons (Fsp3) is 0.578. The lowest BCUT2D eigenvalue weighted by Gasteiger charge is -2.66. The van der Waals surface area contributed by atoms with Crippen LogP contribution in [0.1, 0.15) is 85.5 Å². The molecule has 3 N–H and O–H groups in total. The van der Waals surface area contributed by atoms with Crippen molar-refractivity contribution >= 4 is 29.8 Å². The lowest BCUT2D eigenvalue weighted by Crippen LogP contribution is -2.81. The van der Waals surface area contributed by atoms with Crippen LogP contribution in [0.4, 0.5) is 4.79 Å². The molecule has 4 fully saturated rings. The van der Waals surface area contributed by atoms with Crippen molar-refractivity contribution in [2.45, 2.75) is 134 Å². The number of benzene rings is 2. The van der Waals surface area contributed by atoms with Gasteiger partial charge in [-0.25, -0.2) is 9.59 Å². The number of alkyl carbamates (subject to hydrolysis) is 1. The molecule has 5 aliphatic rings. The zero-order valence-corrected chi connectivity index (χ0v) is 35.8. The summed E-state index contributed by atoms with van der Waals surface area (Å²) in [6, 6.07) is 16.6. The Morgan fingerprint density at radius 1 is 0.934 bits per heavy atom. The van der Waals surface area contributed by atoms with E-state index in [0.717, 1.165) is 6.92 Å². The largest absolute Gasteiger partial charge is 0.456 e. The van der Waals surface area contributed by atoms with Crippen molar-refractivity contribution in [3.8, 4) is 0 Å². The highest BCUT2D eigenvalue weighted by atomic mass is 16.9. The third-order valence-corrected chi connectivity index (χ3v) is 13.4. The molecule has 0 radical (unpaired) electrons. The van der Waals surface area contributed by atoms with Gasteiger partial charge in [-0.2, -0.15) is 0 Å². The predicted molar refractivity (Wildman–Crippen MR) is 212 cm³/mol. The second-order valence-corrected chi connectivity index (χ2v) is 17.7. The summed E-state index contributed by atoms with van der Waals surface area (Å²) in [5.41, 5.74) is -5.29. The topological polar surface area (TPSA) is 212 Å². The van der Waals surface area contributed by atoms with E-state index in [1.807, 2.05) is 0 Å². The maximum atomic E-state index is 15.6. The monoisotopic (exact) mass is 849 g/mol. The molecule has 61 heavy (non-hydrogen) atoms. The Morgan fingerprint density at radius 2 is 1.57 bits per heavy atom. The lowest BCUT2D eigenvalue weighted by atomic mass is 9.44. The summed E-state index contributed by atoms with van der Waals surface area (Å²) in [6.07, 6.45) is -11.4. The van der Waals surface area contributed by atoms with Gasteiger partial charge in [-0.1, -0.05) is 74.5 Å². The van der Waals surface area contributed by atoms with Gasteiger partial charge in [-0.05, 0) is 44.4 Å². The highest BCUT2D eigenvalue weighted by molar-refractivity contribution is 5.95. The van der Waals surface area contributed by atoms with Crippen LogP contribution < -0.4 is 5.32 Å². The number of nitrogens with one attached hydrogen (secondary N) is 1. The summed E-state index contributed by atoms with van der Waals surface area (Å²) < 4.78 is 50.6. The Bertz CT molecular complexity index is 2090. The fourth-order valence-corrected chi connectivity index (χ4v) is 10.5. The number of ketones is 1. The van der Waals surface area contributed by atoms with E-state index in [0.29, 0.717) is 16.7 Å². The first-order valence-corrected chi connectivity index (χ1v) is 20.5. The number of methoxy groups -OCH3 is 1. The number of amides is 1. The van der Waals surface area contributed by atoms with E-state index < -0.39 is 106 Å². The number of esters is 3. The third kappa shape index (κ3) is 6.95. The van der Waals surface area contributed by atoms with Crippen molar-refractivity contribution in [3.05, 3.63) is 82.9 Å². The number of hydrogen-bond acceptors (Lipinski definition) is 15. The highest BCUT2D eigenvalue weighted by Crippen LogP contribution is 2.69. The maximum Gasteiger partial charge on any atom is 0.408 e. The van der Waals surface area contributed by atoms with Crippen molar-refractivity contribution in [3.63, 3.8) is 0 Å². The van der Waals surface area contributed by atoms with Gasteiger partial charge in [0.1, 0.15) is 23.9 Å². The van der Waals surface area contributed by atoms with Crippen molar-refractivity contribution in [1.29, 1.82) is 0 Å². The number of Topliss-reactive ketones (excluding diaryl/α,β-unsaturated/α-hetero) is 1.